The smallest absolute Gasteiger partial charge is 0.230 e. The van der Waals surface area contributed by atoms with E-state index in [0.717, 1.165) is 26.2 Å². The molecule has 148 valence electrons. The highest BCUT2D eigenvalue weighted by Gasteiger charge is 2.68. The topological polar surface area (TPSA) is 53.1 Å². The highest BCUT2D eigenvalue weighted by molar-refractivity contribution is 5.93. The minimum Gasteiger partial charge on any atom is -0.360 e. The zero-order valence-electron chi connectivity index (χ0n) is 16.7. The van der Waals surface area contributed by atoms with Crippen LogP contribution in [0.25, 0.3) is 0 Å². The zero-order valence-corrected chi connectivity index (χ0v) is 16.7. The van der Waals surface area contributed by atoms with Gasteiger partial charge in [0, 0.05) is 24.7 Å². The van der Waals surface area contributed by atoms with E-state index in [2.05, 4.69) is 4.90 Å². The van der Waals surface area contributed by atoms with Crippen LogP contribution in [0.15, 0.2) is 12.2 Å². The zero-order chi connectivity index (χ0) is 19.0. The highest BCUT2D eigenvalue weighted by atomic mass is 16.5. The summed E-state index contributed by atoms with van der Waals surface area (Å²) >= 11 is 0. The average molecular weight is 373 g/mol. The third kappa shape index (κ3) is 2.52. The molecule has 0 aromatic heterocycles. The second kappa shape index (κ2) is 5.80. The van der Waals surface area contributed by atoms with Gasteiger partial charge in [0.25, 0.3) is 0 Å². The van der Waals surface area contributed by atoms with Crippen molar-refractivity contribution in [1.82, 2.24) is 14.7 Å². The van der Waals surface area contributed by atoms with Gasteiger partial charge in [-0.1, -0.05) is 18.6 Å². The van der Waals surface area contributed by atoms with Crippen molar-refractivity contribution in [3.05, 3.63) is 12.2 Å². The highest BCUT2D eigenvalue weighted by Crippen LogP contribution is 2.53. The van der Waals surface area contributed by atoms with Crippen LogP contribution < -0.4 is 0 Å². The molecule has 2 bridgehead atoms. The molecule has 4 atom stereocenters. The Morgan fingerprint density at radius 1 is 1.19 bits per heavy atom. The number of piperidine rings is 1. The van der Waals surface area contributed by atoms with Crippen molar-refractivity contribution in [2.24, 2.45) is 11.8 Å². The maximum Gasteiger partial charge on any atom is 0.230 e. The van der Waals surface area contributed by atoms with Crippen LogP contribution in [0, 0.1) is 11.8 Å². The van der Waals surface area contributed by atoms with Gasteiger partial charge in [0.05, 0.1) is 24.5 Å². The SMILES string of the molecule is CC(C)(C)N1C[C@]23C=C[C@H](O2)[C@H](C(=O)N2CC(N4CCCCC4)C2)[C@@H]3C1=O. The van der Waals surface area contributed by atoms with Gasteiger partial charge < -0.3 is 14.5 Å². The minimum absolute atomic E-state index is 0.0841. The molecule has 0 N–H and O–H groups in total. The van der Waals surface area contributed by atoms with Gasteiger partial charge in [0.2, 0.25) is 11.8 Å². The van der Waals surface area contributed by atoms with E-state index in [-0.39, 0.29) is 35.3 Å². The summed E-state index contributed by atoms with van der Waals surface area (Å²) in [6.07, 6.45) is 7.70. The lowest BCUT2D eigenvalue weighted by molar-refractivity contribution is -0.150. The summed E-state index contributed by atoms with van der Waals surface area (Å²) in [7, 11) is 0. The van der Waals surface area contributed by atoms with Crippen molar-refractivity contribution in [1.29, 1.82) is 0 Å². The van der Waals surface area contributed by atoms with Gasteiger partial charge in [-0.2, -0.15) is 0 Å². The molecule has 4 saturated heterocycles. The first kappa shape index (κ1) is 17.7. The van der Waals surface area contributed by atoms with Crippen LogP contribution in [0.2, 0.25) is 0 Å². The Bertz CT molecular complexity index is 687. The Morgan fingerprint density at radius 2 is 1.89 bits per heavy atom. The van der Waals surface area contributed by atoms with Crippen LogP contribution in [-0.4, -0.2) is 82.5 Å². The summed E-state index contributed by atoms with van der Waals surface area (Å²) in [4.78, 5) is 32.9. The Balaban J connectivity index is 1.31. The molecule has 6 heteroatoms. The normalized spacial score (nSPS) is 39.2. The van der Waals surface area contributed by atoms with Crippen molar-refractivity contribution >= 4 is 11.8 Å². The van der Waals surface area contributed by atoms with Crippen LogP contribution in [0.1, 0.15) is 40.0 Å². The maximum absolute atomic E-state index is 13.3. The lowest BCUT2D eigenvalue weighted by atomic mass is 9.76. The predicted molar refractivity (Wildman–Crippen MR) is 101 cm³/mol. The lowest BCUT2D eigenvalue weighted by Crippen LogP contribution is -2.64. The molecule has 0 saturated carbocycles. The van der Waals surface area contributed by atoms with Crippen LogP contribution in [0.3, 0.4) is 0 Å². The van der Waals surface area contributed by atoms with Gasteiger partial charge in [-0.3, -0.25) is 14.5 Å². The van der Waals surface area contributed by atoms with Crippen LogP contribution in [0.4, 0.5) is 0 Å². The molecular formula is C21H31N3O3. The monoisotopic (exact) mass is 373 g/mol. The van der Waals surface area contributed by atoms with Crippen LogP contribution in [0.5, 0.6) is 0 Å². The Labute approximate surface area is 161 Å². The van der Waals surface area contributed by atoms with E-state index < -0.39 is 5.60 Å². The molecule has 2 amide bonds. The molecule has 6 nitrogen and oxygen atoms in total. The van der Waals surface area contributed by atoms with E-state index in [1.54, 1.807) is 0 Å². The van der Waals surface area contributed by atoms with E-state index in [9.17, 15) is 9.59 Å². The Morgan fingerprint density at radius 3 is 2.56 bits per heavy atom. The fourth-order valence-corrected chi connectivity index (χ4v) is 5.71. The van der Waals surface area contributed by atoms with Gasteiger partial charge >= 0.3 is 0 Å². The second-order valence-corrected chi connectivity index (χ2v) is 9.99. The van der Waals surface area contributed by atoms with E-state index in [4.69, 9.17) is 4.74 Å². The van der Waals surface area contributed by atoms with Gasteiger partial charge in [-0.25, -0.2) is 0 Å². The van der Waals surface area contributed by atoms with Crippen molar-refractivity contribution in [2.45, 2.75) is 63.3 Å². The summed E-state index contributed by atoms with van der Waals surface area (Å²) in [6, 6.07) is 0.503. The molecule has 0 aliphatic carbocycles. The molecule has 5 rings (SSSR count). The van der Waals surface area contributed by atoms with Gasteiger partial charge in [-0.15, -0.1) is 0 Å². The molecule has 4 fully saturated rings. The minimum atomic E-state index is -0.591. The first-order valence-electron chi connectivity index (χ1n) is 10.5. The third-order valence-corrected chi connectivity index (χ3v) is 7.28. The summed E-state index contributed by atoms with van der Waals surface area (Å²) in [5, 5.41) is 0. The fraction of sp³-hybridized carbons (Fsp3) is 0.810. The molecular weight excluding hydrogens is 342 g/mol. The summed E-state index contributed by atoms with van der Waals surface area (Å²) in [5.74, 6) is -0.500. The van der Waals surface area contributed by atoms with E-state index in [1.807, 2.05) is 42.7 Å². The first-order valence-corrected chi connectivity index (χ1v) is 10.5. The number of ether oxygens (including phenoxy) is 1. The molecule has 1 spiro atoms. The molecule has 5 aliphatic heterocycles. The second-order valence-electron chi connectivity index (χ2n) is 9.99. The largest absolute Gasteiger partial charge is 0.360 e. The first-order chi connectivity index (χ1) is 12.8. The molecule has 27 heavy (non-hydrogen) atoms. The van der Waals surface area contributed by atoms with Gasteiger partial charge in [0.15, 0.2) is 0 Å². The summed E-state index contributed by atoms with van der Waals surface area (Å²) in [6.45, 7) is 10.7. The molecule has 5 aliphatic rings. The number of nitrogens with zero attached hydrogens (tertiary/aromatic N) is 3. The van der Waals surface area contributed by atoms with E-state index >= 15 is 0 Å². The fourth-order valence-electron chi connectivity index (χ4n) is 5.71. The van der Waals surface area contributed by atoms with E-state index in [1.165, 1.54) is 19.3 Å². The number of carbonyl (C=O) groups excluding carboxylic acids is 2. The molecule has 5 heterocycles. The molecule has 0 unspecified atom stereocenters. The van der Waals surface area contributed by atoms with Crippen molar-refractivity contribution in [2.75, 3.05) is 32.7 Å². The van der Waals surface area contributed by atoms with E-state index in [0.29, 0.717) is 12.6 Å². The maximum atomic E-state index is 13.3. The Kier molecular flexibility index (Phi) is 3.80. The lowest BCUT2D eigenvalue weighted by Gasteiger charge is -2.48. The molecule has 0 aromatic rings. The number of hydrogen-bond donors (Lipinski definition) is 0. The summed E-state index contributed by atoms with van der Waals surface area (Å²) in [5.41, 5.74) is -0.846. The number of amides is 2. The predicted octanol–water partition coefficient (Wildman–Crippen LogP) is 1.26. The van der Waals surface area contributed by atoms with Crippen LogP contribution in [-0.2, 0) is 14.3 Å². The number of fused-ring (bicyclic) bond motifs is 1. The Hall–Kier alpha value is -1.40. The third-order valence-electron chi connectivity index (χ3n) is 7.28. The van der Waals surface area contributed by atoms with Crippen molar-refractivity contribution in [3.8, 4) is 0 Å². The van der Waals surface area contributed by atoms with Crippen LogP contribution >= 0.6 is 0 Å². The van der Waals surface area contributed by atoms with Crippen molar-refractivity contribution in [3.63, 3.8) is 0 Å². The molecule has 0 radical (unpaired) electrons. The van der Waals surface area contributed by atoms with Gasteiger partial charge in [0.1, 0.15) is 5.60 Å². The van der Waals surface area contributed by atoms with Crippen molar-refractivity contribution < 1.29 is 14.3 Å². The number of likely N-dealkylation sites (tertiary alicyclic amines) is 3. The molecule has 0 aromatic carbocycles. The van der Waals surface area contributed by atoms with Gasteiger partial charge in [-0.05, 0) is 46.7 Å². The average Bonchev–Trinajstić information content (AvgIpc) is 3.22. The quantitative estimate of drug-likeness (QED) is 0.684. The number of hydrogen-bond acceptors (Lipinski definition) is 4. The number of carbonyl (C=O) groups is 2. The standard InChI is InChI=1S/C21H31N3O3/c1-20(2,3)24-13-21-8-7-15(27-21)16(17(21)19(24)26)18(25)23-11-14(12-23)22-9-5-4-6-10-22/h7-8,14-17H,4-6,9-13H2,1-3H3/t15-,16-,17+,21-/m0/s1. The summed E-state index contributed by atoms with van der Waals surface area (Å²) < 4.78 is 6.24. The number of rotatable bonds is 2.